The normalized spacial score (nSPS) is 20.5. The first-order valence-electron chi connectivity index (χ1n) is 5.06. The molecule has 0 bridgehead atoms. The molecule has 2 aromatic rings. The van der Waals surface area contributed by atoms with Crippen LogP contribution in [-0.4, -0.2) is 31.1 Å². The Kier molecular flexibility index (Phi) is 2.02. The molecule has 0 aromatic carbocycles. The first-order chi connectivity index (χ1) is 7.84. The van der Waals surface area contributed by atoms with Crippen molar-refractivity contribution in [3.8, 4) is 11.6 Å². The molecule has 0 amide bonds. The van der Waals surface area contributed by atoms with Gasteiger partial charge in [-0.2, -0.15) is 10.1 Å². The first kappa shape index (κ1) is 9.20. The molecule has 1 N–H and O–H groups in total. The van der Waals surface area contributed by atoms with Gasteiger partial charge in [0.05, 0.1) is 5.92 Å². The minimum atomic E-state index is -0.232. The van der Waals surface area contributed by atoms with E-state index in [1.807, 2.05) is 0 Å². The smallest absolute Gasteiger partial charge is 0.239 e. The van der Waals surface area contributed by atoms with Crippen molar-refractivity contribution in [2.24, 2.45) is 0 Å². The third-order valence-corrected chi connectivity index (χ3v) is 2.67. The minimum absolute atomic E-state index is 0.174. The molecule has 0 spiro atoms. The standard InChI is InChI=1S/C9H9N5O2/c15-6-3-1-2-5(6)9-12-8(14-16-9)7-10-4-11-13-7/h4-5H,1-3H2,(H,10,11,13). The van der Waals surface area contributed by atoms with Crippen LogP contribution in [0.3, 0.4) is 0 Å². The number of carbonyl (C=O) groups is 1. The molecule has 2 heterocycles. The van der Waals surface area contributed by atoms with Crippen LogP contribution >= 0.6 is 0 Å². The third kappa shape index (κ3) is 1.40. The molecule has 7 nitrogen and oxygen atoms in total. The Balaban J connectivity index is 1.91. The zero-order chi connectivity index (χ0) is 11.0. The van der Waals surface area contributed by atoms with E-state index < -0.39 is 0 Å². The van der Waals surface area contributed by atoms with Crippen molar-refractivity contribution in [2.45, 2.75) is 25.2 Å². The number of aromatic nitrogens is 5. The lowest BCUT2D eigenvalue weighted by molar-refractivity contribution is -0.119. The van der Waals surface area contributed by atoms with Gasteiger partial charge in [0.25, 0.3) is 0 Å². The maximum absolute atomic E-state index is 11.5. The highest BCUT2D eigenvalue weighted by molar-refractivity contribution is 5.86. The Morgan fingerprint density at radius 1 is 1.50 bits per heavy atom. The van der Waals surface area contributed by atoms with Crippen molar-refractivity contribution in [1.82, 2.24) is 25.3 Å². The van der Waals surface area contributed by atoms with Gasteiger partial charge >= 0.3 is 0 Å². The van der Waals surface area contributed by atoms with Crippen molar-refractivity contribution >= 4 is 5.78 Å². The summed E-state index contributed by atoms with van der Waals surface area (Å²) >= 11 is 0. The molecule has 0 radical (unpaired) electrons. The predicted octanol–water partition coefficient (Wildman–Crippen LogP) is 0.691. The monoisotopic (exact) mass is 219 g/mol. The first-order valence-corrected chi connectivity index (χ1v) is 5.06. The number of Topliss-reactive ketones (excluding diaryl/α,β-unsaturated/α-hetero) is 1. The Labute approximate surface area is 90.3 Å². The van der Waals surface area contributed by atoms with Crippen molar-refractivity contribution in [1.29, 1.82) is 0 Å². The van der Waals surface area contributed by atoms with E-state index in [2.05, 4.69) is 25.3 Å². The summed E-state index contributed by atoms with van der Waals surface area (Å²) in [4.78, 5) is 19.6. The SMILES string of the molecule is O=C1CCCC1c1nc(-c2ncn[nH]2)no1. The lowest BCUT2D eigenvalue weighted by atomic mass is 10.1. The number of H-pyrrole nitrogens is 1. The van der Waals surface area contributed by atoms with Crippen LogP contribution in [0.1, 0.15) is 31.1 Å². The minimum Gasteiger partial charge on any atom is -0.338 e. The van der Waals surface area contributed by atoms with Gasteiger partial charge in [0, 0.05) is 6.42 Å². The number of nitrogens with one attached hydrogen (secondary N) is 1. The van der Waals surface area contributed by atoms with Gasteiger partial charge in [0.1, 0.15) is 12.1 Å². The molecule has 7 heteroatoms. The van der Waals surface area contributed by atoms with E-state index in [0.717, 1.165) is 12.8 Å². The van der Waals surface area contributed by atoms with E-state index in [0.29, 0.717) is 24.0 Å². The molecule has 1 aliphatic rings. The number of nitrogens with zero attached hydrogens (tertiary/aromatic N) is 4. The molecule has 82 valence electrons. The summed E-state index contributed by atoms with van der Waals surface area (Å²) in [6, 6.07) is 0. The van der Waals surface area contributed by atoms with Gasteiger partial charge in [-0.1, -0.05) is 5.16 Å². The second-order valence-electron chi connectivity index (χ2n) is 3.70. The third-order valence-electron chi connectivity index (χ3n) is 2.67. The molecule has 0 saturated heterocycles. The van der Waals surface area contributed by atoms with E-state index in [-0.39, 0.29) is 11.7 Å². The fourth-order valence-electron chi connectivity index (χ4n) is 1.86. The summed E-state index contributed by atoms with van der Waals surface area (Å²) < 4.78 is 5.07. The van der Waals surface area contributed by atoms with E-state index >= 15 is 0 Å². The lowest BCUT2D eigenvalue weighted by Crippen LogP contribution is -2.04. The van der Waals surface area contributed by atoms with E-state index in [9.17, 15) is 4.79 Å². The average molecular weight is 219 g/mol. The van der Waals surface area contributed by atoms with Crippen molar-refractivity contribution in [3.63, 3.8) is 0 Å². The van der Waals surface area contributed by atoms with Crippen LogP contribution in [0.15, 0.2) is 10.9 Å². The van der Waals surface area contributed by atoms with Gasteiger partial charge in [-0.3, -0.25) is 9.89 Å². The van der Waals surface area contributed by atoms with E-state index in [4.69, 9.17) is 4.52 Å². The van der Waals surface area contributed by atoms with E-state index in [1.54, 1.807) is 0 Å². The van der Waals surface area contributed by atoms with Gasteiger partial charge in [-0.25, -0.2) is 4.98 Å². The number of aromatic amines is 1. The molecule has 0 aliphatic heterocycles. The number of ketones is 1. The Hall–Kier alpha value is -2.05. The highest BCUT2D eigenvalue weighted by Gasteiger charge is 2.31. The zero-order valence-electron chi connectivity index (χ0n) is 8.38. The summed E-state index contributed by atoms with van der Waals surface area (Å²) in [6.07, 6.45) is 3.65. The maximum atomic E-state index is 11.5. The van der Waals surface area contributed by atoms with Gasteiger partial charge in [0.15, 0.2) is 5.82 Å². The highest BCUT2D eigenvalue weighted by atomic mass is 16.5. The fourth-order valence-corrected chi connectivity index (χ4v) is 1.86. The number of hydrogen-bond acceptors (Lipinski definition) is 6. The molecule has 1 atom stereocenters. The molecule has 3 rings (SSSR count). The molecule has 16 heavy (non-hydrogen) atoms. The summed E-state index contributed by atoms with van der Waals surface area (Å²) in [7, 11) is 0. The molecular formula is C9H9N5O2. The molecule has 1 aliphatic carbocycles. The summed E-state index contributed by atoms with van der Waals surface area (Å²) in [6.45, 7) is 0. The topological polar surface area (TPSA) is 97.6 Å². The van der Waals surface area contributed by atoms with Crippen LogP contribution in [0.5, 0.6) is 0 Å². The number of carbonyl (C=O) groups excluding carboxylic acids is 1. The maximum Gasteiger partial charge on any atom is 0.239 e. The molecule has 1 saturated carbocycles. The summed E-state index contributed by atoms with van der Waals surface area (Å²) in [5.74, 6) is 1.11. The average Bonchev–Trinajstić information content (AvgIpc) is 2.96. The van der Waals surface area contributed by atoms with Crippen molar-refractivity contribution < 1.29 is 9.32 Å². The number of hydrogen-bond donors (Lipinski definition) is 1. The molecule has 1 fully saturated rings. The van der Waals surface area contributed by atoms with Gasteiger partial charge in [-0.05, 0) is 12.8 Å². The van der Waals surface area contributed by atoms with E-state index in [1.165, 1.54) is 6.33 Å². The van der Waals surface area contributed by atoms with Crippen LogP contribution in [0.25, 0.3) is 11.6 Å². The van der Waals surface area contributed by atoms with Crippen LogP contribution in [-0.2, 0) is 4.79 Å². The molecule has 2 aromatic heterocycles. The Morgan fingerprint density at radius 3 is 3.12 bits per heavy atom. The predicted molar refractivity (Wildman–Crippen MR) is 51.3 cm³/mol. The van der Waals surface area contributed by atoms with Crippen LogP contribution < -0.4 is 0 Å². The lowest BCUT2D eigenvalue weighted by Gasteiger charge is -1.98. The van der Waals surface area contributed by atoms with Gasteiger partial charge in [-0.15, -0.1) is 0 Å². The molecular weight excluding hydrogens is 210 g/mol. The van der Waals surface area contributed by atoms with Crippen LogP contribution in [0.4, 0.5) is 0 Å². The molecule has 1 unspecified atom stereocenters. The van der Waals surface area contributed by atoms with Gasteiger partial charge < -0.3 is 4.52 Å². The second-order valence-corrected chi connectivity index (χ2v) is 3.70. The second kappa shape index (κ2) is 3.51. The van der Waals surface area contributed by atoms with Crippen molar-refractivity contribution in [3.05, 3.63) is 12.2 Å². The zero-order valence-corrected chi connectivity index (χ0v) is 8.38. The van der Waals surface area contributed by atoms with Crippen molar-refractivity contribution in [2.75, 3.05) is 0 Å². The quantitative estimate of drug-likeness (QED) is 0.797. The van der Waals surface area contributed by atoms with Gasteiger partial charge in [0.2, 0.25) is 11.7 Å². The van der Waals surface area contributed by atoms with Crippen LogP contribution in [0, 0.1) is 0 Å². The summed E-state index contributed by atoms with van der Waals surface area (Å²) in [5.41, 5.74) is 0. The fraction of sp³-hybridized carbons (Fsp3) is 0.444. The Morgan fingerprint density at radius 2 is 2.44 bits per heavy atom. The number of rotatable bonds is 2. The van der Waals surface area contributed by atoms with Crippen LogP contribution in [0.2, 0.25) is 0 Å². The largest absolute Gasteiger partial charge is 0.338 e. The highest BCUT2D eigenvalue weighted by Crippen LogP contribution is 2.30. The Bertz CT molecular complexity index is 504. The summed E-state index contributed by atoms with van der Waals surface area (Å²) in [5, 5.41) is 10.1.